The summed E-state index contributed by atoms with van der Waals surface area (Å²) in [4.78, 5) is 20.9. The molecule has 0 radical (unpaired) electrons. The lowest BCUT2D eigenvalue weighted by molar-refractivity contribution is 0.0697. The molecule has 35 heavy (non-hydrogen) atoms. The number of hydrogen-bond donors (Lipinski definition) is 1. The third kappa shape index (κ3) is 6.06. The van der Waals surface area contributed by atoms with Crippen LogP contribution in [-0.2, 0) is 19.5 Å². The third-order valence-corrected chi connectivity index (χ3v) is 6.17. The summed E-state index contributed by atoms with van der Waals surface area (Å²) in [5.41, 5.74) is 4.87. The molecule has 3 aromatic carbocycles. The van der Waals surface area contributed by atoms with Crippen LogP contribution in [0.4, 0.5) is 0 Å². The molecule has 0 bridgehead atoms. The second-order valence-corrected chi connectivity index (χ2v) is 8.75. The molecule has 0 saturated heterocycles. The minimum absolute atomic E-state index is 0.292. The standard InChI is InChI=1S/C29H28ClN3O2/c1-2-3-13-27-32-28(30)26(19-31-18-21-9-5-4-6-10-21)33(27)20-22-14-16-23(17-15-22)24-11-7-8-12-25(24)29(34)35/h4-12,14-17,19H,2-3,13,18,20H2,1H3,(H,34,35). The molecule has 178 valence electrons. The molecule has 4 rings (SSSR count). The molecule has 0 aliphatic heterocycles. The number of benzene rings is 3. The van der Waals surface area contributed by atoms with Gasteiger partial charge in [0.15, 0.2) is 5.15 Å². The number of carbonyl (C=O) groups is 1. The molecule has 0 amide bonds. The second kappa shape index (κ2) is 11.6. The number of carboxylic acid groups (broad SMARTS) is 1. The lowest BCUT2D eigenvalue weighted by Gasteiger charge is -2.12. The molecular formula is C29H28ClN3O2. The van der Waals surface area contributed by atoms with Crippen LogP contribution in [0.5, 0.6) is 0 Å². The average molecular weight is 486 g/mol. The lowest BCUT2D eigenvalue weighted by Crippen LogP contribution is -2.09. The molecule has 0 atom stereocenters. The van der Waals surface area contributed by atoms with Crippen LogP contribution in [0.3, 0.4) is 0 Å². The number of aryl methyl sites for hydroxylation is 1. The fraction of sp³-hybridized carbons (Fsp3) is 0.207. The maximum absolute atomic E-state index is 11.6. The zero-order chi connectivity index (χ0) is 24.6. The summed E-state index contributed by atoms with van der Waals surface area (Å²) < 4.78 is 2.13. The molecule has 1 heterocycles. The fourth-order valence-electron chi connectivity index (χ4n) is 4.02. The van der Waals surface area contributed by atoms with E-state index in [0.717, 1.165) is 47.5 Å². The molecular weight excluding hydrogens is 458 g/mol. The molecule has 1 N–H and O–H groups in total. The Hall–Kier alpha value is -3.70. The van der Waals surface area contributed by atoms with Crippen LogP contribution in [0.1, 0.15) is 52.8 Å². The normalized spacial score (nSPS) is 11.3. The van der Waals surface area contributed by atoms with Gasteiger partial charge in [0, 0.05) is 19.2 Å². The van der Waals surface area contributed by atoms with Gasteiger partial charge < -0.3 is 9.67 Å². The van der Waals surface area contributed by atoms with Crippen LogP contribution < -0.4 is 0 Å². The van der Waals surface area contributed by atoms with Gasteiger partial charge in [0.1, 0.15) is 5.82 Å². The predicted octanol–water partition coefficient (Wildman–Crippen LogP) is 6.91. The number of aromatic nitrogens is 2. The summed E-state index contributed by atoms with van der Waals surface area (Å²) in [6.07, 6.45) is 4.75. The number of rotatable bonds is 10. The molecule has 4 aromatic rings. The first kappa shape index (κ1) is 24.4. The van der Waals surface area contributed by atoms with Crippen LogP contribution >= 0.6 is 11.6 Å². The van der Waals surface area contributed by atoms with E-state index in [1.807, 2.05) is 72.9 Å². The van der Waals surface area contributed by atoms with E-state index < -0.39 is 5.97 Å². The van der Waals surface area contributed by atoms with Crippen molar-refractivity contribution in [3.05, 3.63) is 112 Å². The van der Waals surface area contributed by atoms with Crippen LogP contribution in [0.2, 0.25) is 5.15 Å². The fourth-order valence-corrected chi connectivity index (χ4v) is 4.27. The summed E-state index contributed by atoms with van der Waals surface area (Å²) in [5.74, 6) is 0.0102. The van der Waals surface area contributed by atoms with E-state index in [-0.39, 0.29) is 0 Å². The highest BCUT2D eigenvalue weighted by Gasteiger charge is 2.15. The van der Waals surface area contributed by atoms with Gasteiger partial charge in [-0.1, -0.05) is 97.7 Å². The first-order chi connectivity index (χ1) is 17.1. The molecule has 0 unspecified atom stereocenters. The molecule has 0 aliphatic rings. The highest BCUT2D eigenvalue weighted by Crippen LogP contribution is 2.25. The Balaban J connectivity index is 1.60. The van der Waals surface area contributed by atoms with Crippen LogP contribution in [0.25, 0.3) is 11.1 Å². The largest absolute Gasteiger partial charge is 0.478 e. The van der Waals surface area contributed by atoms with Crippen molar-refractivity contribution in [1.29, 1.82) is 0 Å². The van der Waals surface area contributed by atoms with Gasteiger partial charge in [0.05, 0.1) is 17.8 Å². The van der Waals surface area contributed by atoms with Crippen LogP contribution in [0.15, 0.2) is 83.9 Å². The topological polar surface area (TPSA) is 67.5 Å². The molecule has 5 nitrogen and oxygen atoms in total. The van der Waals surface area contributed by atoms with E-state index in [1.54, 1.807) is 12.1 Å². The van der Waals surface area contributed by atoms with E-state index in [9.17, 15) is 9.90 Å². The van der Waals surface area contributed by atoms with E-state index in [1.165, 1.54) is 0 Å². The summed E-state index contributed by atoms with van der Waals surface area (Å²) in [7, 11) is 0. The number of halogens is 1. The van der Waals surface area contributed by atoms with E-state index in [4.69, 9.17) is 11.6 Å². The monoisotopic (exact) mass is 485 g/mol. The van der Waals surface area contributed by atoms with Gasteiger partial charge in [-0.25, -0.2) is 9.78 Å². The van der Waals surface area contributed by atoms with Crippen LogP contribution in [0, 0.1) is 0 Å². The van der Waals surface area contributed by atoms with Crippen molar-refractivity contribution in [2.24, 2.45) is 4.99 Å². The molecule has 0 aliphatic carbocycles. The van der Waals surface area contributed by atoms with Gasteiger partial charge in [-0.2, -0.15) is 0 Å². The Labute approximate surface area is 210 Å². The zero-order valence-corrected chi connectivity index (χ0v) is 20.4. The Morgan fingerprint density at radius 2 is 1.71 bits per heavy atom. The van der Waals surface area contributed by atoms with Crippen molar-refractivity contribution in [3.63, 3.8) is 0 Å². The quantitative estimate of drug-likeness (QED) is 0.248. The Morgan fingerprint density at radius 3 is 2.43 bits per heavy atom. The summed E-state index contributed by atoms with van der Waals surface area (Å²) in [6.45, 7) is 3.33. The maximum Gasteiger partial charge on any atom is 0.336 e. The number of aromatic carboxylic acids is 1. The first-order valence-electron chi connectivity index (χ1n) is 11.8. The van der Waals surface area contributed by atoms with Crippen molar-refractivity contribution >= 4 is 23.8 Å². The Bertz CT molecular complexity index is 1310. The number of nitrogens with zero attached hydrogens (tertiary/aromatic N) is 3. The van der Waals surface area contributed by atoms with Gasteiger partial charge >= 0.3 is 5.97 Å². The second-order valence-electron chi connectivity index (χ2n) is 8.40. The number of aliphatic imine (C=N–C) groups is 1. The number of hydrogen-bond acceptors (Lipinski definition) is 3. The smallest absolute Gasteiger partial charge is 0.336 e. The SMILES string of the molecule is CCCCc1nc(Cl)c(C=NCc2ccccc2)n1Cc1ccc(-c2ccccc2C(=O)O)cc1. The van der Waals surface area contributed by atoms with E-state index >= 15 is 0 Å². The van der Waals surface area contributed by atoms with Crippen molar-refractivity contribution in [3.8, 4) is 11.1 Å². The summed E-state index contributed by atoms with van der Waals surface area (Å²) in [6, 6.07) is 25.1. The number of imidazole rings is 1. The molecule has 1 aromatic heterocycles. The average Bonchev–Trinajstić information content (AvgIpc) is 3.17. The zero-order valence-electron chi connectivity index (χ0n) is 19.7. The molecule has 0 saturated carbocycles. The van der Waals surface area contributed by atoms with Gasteiger partial charge in [0.25, 0.3) is 0 Å². The Kier molecular flexibility index (Phi) is 8.11. The lowest BCUT2D eigenvalue weighted by atomic mass is 9.99. The van der Waals surface area contributed by atoms with Gasteiger partial charge in [-0.15, -0.1) is 0 Å². The molecule has 6 heteroatoms. The summed E-state index contributed by atoms with van der Waals surface area (Å²) >= 11 is 6.55. The minimum atomic E-state index is -0.933. The van der Waals surface area contributed by atoms with E-state index in [2.05, 4.69) is 21.5 Å². The highest BCUT2D eigenvalue weighted by molar-refractivity contribution is 6.31. The van der Waals surface area contributed by atoms with Crippen molar-refractivity contribution in [2.75, 3.05) is 0 Å². The van der Waals surface area contributed by atoms with Crippen LogP contribution in [-0.4, -0.2) is 26.8 Å². The summed E-state index contributed by atoms with van der Waals surface area (Å²) in [5, 5.41) is 9.98. The minimum Gasteiger partial charge on any atom is -0.478 e. The predicted molar refractivity (Wildman–Crippen MR) is 142 cm³/mol. The molecule has 0 fully saturated rings. The first-order valence-corrected chi connectivity index (χ1v) is 12.1. The maximum atomic E-state index is 11.6. The number of carboxylic acids is 1. The van der Waals surface area contributed by atoms with Gasteiger partial charge in [-0.3, -0.25) is 4.99 Å². The van der Waals surface area contributed by atoms with Gasteiger partial charge in [0.2, 0.25) is 0 Å². The molecule has 0 spiro atoms. The Morgan fingerprint density at radius 1 is 1.00 bits per heavy atom. The third-order valence-electron chi connectivity index (χ3n) is 5.89. The van der Waals surface area contributed by atoms with Crippen molar-refractivity contribution in [1.82, 2.24) is 9.55 Å². The van der Waals surface area contributed by atoms with E-state index in [0.29, 0.717) is 29.4 Å². The number of unbranched alkanes of at least 4 members (excludes halogenated alkanes) is 1. The van der Waals surface area contributed by atoms with Crippen molar-refractivity contribution < 1.29 is 9.90 Å². The van der Waals surface area contributed by atoms with Crippen molar-refractivity contribution in [2.45, 2.75) is 39.3 Å². The van der Waals surface area contributed by atoms with Gasteiger partial charge in [-0.05, 0) is 34.7 Å². The highest BCUT2D eigenvalue weighted by atomic mass is 35.5.